The zero-order valence-electron chi connectivity index (χ0n) is 15.9. The van der Waals surface area contributed by atoms with Gasteiger partial charge in [0.1, 0.15) is 5.75 Å². The van der Waals surface area contributed by atoms with Crippen molar-refractivity contribution in [1.29, 1.82) is 0 Å². The largest absolute Gasteiger partial charge is 0.496 e. The van der Waals surface area contributed by atoms with E-state index < -0.39 is 0 Å². The molecule has 0 spiro atoms. The summed E-state index contributed by atoms with van der Waals surface area (Å²) in [6.07, 6.45) is 4.76. The molecule has 2 aromatic carbocycles. The van der Waals surface area contributed by atoms with Crippen molar-refractivity contribution in [3.8, 4) is 5.75 Å². The minimum absolute atomic E-state index is 0.00595. The van der Waals surface area contributed by atoms with E-state index in [1.807, 2.05) is 36.4 Å². The van der Waals surface area contributed by atoms with Crippen molar-refractivity contribution in [2.75, 3.05) is 33.4 Å². The monoisotopic (exact) mass is 368 g/mol. The number of nitrogens with one attached hydrogen (secondary N) is 1. The number of carbonyl (C=O) groups is 1. The van der Waals surface area contributed by atoms with Gasteiger partial charge in [0.15, 0.2) is 0 Å². The van der Waals surface area contributed by atoms with Crippen LogP contribution in [-0.2, 0) is 4.74 Å². The molecule has 2 aliphatic heterocycles. The molecule has 1 N–H and O–H groups in total. The van der Waals surface area contributed by atoms with Gasteiger partial charge < -0.3 is 19.7 Å². The number of hydrogen-bond donors (Lipinski definition) is 1. The van der Waals surface area contributed by atoms with Crippen LogP contribution in [0.3, 0.4) is 0 Å². The van der Waals surface area contributed by atoms with E-state index in [1.54, 1.807) is 7.11 Å². The third-order valence-corrected chi connectivity index (χ3v) is 5.76. The van der Waals surface area contributed by atoms with Crippen LogP contribution < -0.4 is 10.1 Å². The molecule has 4 rings (SSSR count). The second-order valence-corrected chi connectivity index (χ2v) is 7.54. The van der Waals surface area contributed by atoms with Crippen LogP contribution in [0.25, 0.3) is 10.8 Å². The molecule has 5 nitrogen and oxygen atoms in total. The molecule has 0 aliphatic carbocycles. The molecule has 1 atom stereocenters. The molecule has 1 unspecified atom stereocenters. The third kappa shape index (κ3) is 4.09. The topological polar surface area (TPSA) is 50.8 Å². The van der Waals surface area contributed by atoms with Crippen LogP contribution in [-0.4, -0.2) is 56.3 Å². The molecule has 2 heterocycles. The van der Waals surface area contributed by atoms with Gasteiger partial charge in [0.2, 0.25) is 0 Å². The number of likely N-dealkylation sites (tertiary alicyclic amines) is 1. The van der Waals surface area contributed by atoms with Crippen LogP contribution in [0.15, 0.2) is 36.4 Å². The summed E-state index contributed by atoms with van der Waals surface area (Å²) in [5.41, 5.74) is 0.716. The van der Waals surface area contributed by atoms with E-state index in [2.05, 4.69) is 10.2 Å². The van der Waals surface area contributed by atoms with Crippen molar-refractivity contribution in [3.63, 3.8) is 0 Å². The van der Waals surface area contributed by atoms with E-state index in [9.17, 15) is 4.79 Å². The smallest absolute Gasteiger partial charge is 0.252 e. The van der Waals surface area contributed by atoms with Crippen LogP contribution >= 0.6 is 0 Å². The van der Waals surface area contributed by atoms with Gasteiger partial charge in [-0.3, -0.25) is 4.79 Å². The Labute approximate surface area is 160 Å². The van der Waals surface area contributed by atoms with Crippen LogP contribution in [0.1, 0.15) is 36.0 Å². The molecule has 2 fully saturated rings. The summed E-state index contributed by atoms with van der Waals surface area (Å²) in [7, 11) is 1.66. The van der Waals surface area contributed by atoms with Gasteiger partial charge in [-0.2, -0.15) is 0 Å². The first kappa shape index (κ1) is 18.3. The Hall–Kier alpha value is -2.11. The van der Waals surface area contributed by atoms with Gasteiger partial charge >= 0.3 is 0 Å². The van der Waals surface area contributed by atoms with E-state index >= 15 is 0 Å². The lowest BCUT2D eigenvalue weighted by Crippen LogP contribution is -2.46. The first-order chi connectivity index (χ1) is 13.2. The molecule has 0 aromatic heterocycles. The maximum atomic E-state index is 12.9. The van der Waals surface area contributed by atoms with E-state index in [4.69, 9.17) is 9.47 Å². The number of ether oxygens (including phenoxy) is 2. The number of rotatable bonds is 5. The Balaban J connectivity index is 1.38. The maximum Gasteiger partial charge on any atom is 0.252 e. The summed E-state index contributed by atoms with van der Waals surface area (Å²) in [5, 5.41) is 5.15. The SMILES string of the molecule is COc1ccc(C(=O)NC2CCN(CC3CCCO3)CC2)c2ccccc12. The maximum absolute atomic E-state index is 12.9. The van der Waals surface area contributed by atoms with Crippen LogP contribution in [0.2, 0.25) is 0 Å². The van der Waals surface area contributed by atoms with Gasteiger partial charge in [-0.1, -0.05) is 24.3 Å². The molecule has 27 heavy (non-hydrogen) atoms. The Morgan fingerprint density at radius 3 is 2.63 bits per heavy atom. The Morgan fingerprint density at radius 1 is 1.15 bits per heavy atom. The minimum atomic E-state index is 0.00595. The van der Waals surface area contributed by atoms with Crippen molar-refractivity contribution in [1.82, 2.24) is 10.2 Å². The number of piperidine rings is 1. The average Bonchev–Trinajstić information content (AvgIpc) is 3.21. The Kier molecular flexibility index (Phi) is 5.60. The summed E-state index contributed by atoms with van der Waals surface area (Å²) >= 11 is 0. The first-order valence-corrected chi connectivity index (χ1v) is 9.95. The second-order valence-electron chi connectivity index (χ2n) is 7.54. The molecular formula is C22H28N2O3. The van der Waals surface area contributed by atoms with Crippen LogP contribution in [0, 0.1) is 0 Å². The van der Waals surface area contributed by atoms with Crippen molar-refractivity contribution in [2.45, 2.75) is 37.8 Å². The number of benzene rings is 2. The molecule has 144 valence electrons. The Morgan fingerprint density at radius 2 is 1.93 bits per heavy atom. The lowest BCUT2D eigenvalue weighted by atomic mass is 10.0. The molecule has 0 saturated carbocycles. The highest BCUT2D eigenvalue weighted by atomic mass is 16.5. The van der Waals surface area contributed by atoms with Gasteiger partial charge in [0.05, 0.1) is 13.2 Å². The van der Waals surface area contributed by atoms with E-state index in [-0.39, 0.29) is 11.9 Å². The highest BCUT2D eigenvalue weighted by Crippen LogP contribution is 2.28. The first-order valence-electron chi connectivity index (χ1n) is 9.95. The summed E-state index contributed by atoms with van der Waals surface area (Å²) in [4.78, 5) is 15.4. The molecular weight excluding hydrogens is 340 g/mol. The predicted octanol–water partition coefficient (Wildman–Crippen LogP) is 3.22. The fraction of sp³-hybridized carbons (Fsp3) is 0.500. The summed E-state index contributed by atoms with van der Waals surface area (Å²) < 4.78 is 11.2. The molecule has 1 amide bonds. The van der Waals surface area contributed by atoms with Crippen LogP contribution in [0.5, 0.6) is 5.75 Å². The van der Waals surface area contributed by atoms with E-state index in [0.717, 1.165) is 55.6 Å². The lowest BCUT2D eigenvalue weighted by molar-refractivity contribution is 0.0613. The number of methoxy groups -OCH3 is 1. The summed E-state index contributed by atoms with van der Waals surface area (Å²) in [5.74, 6) is 0.802. The average molecular weight is 368 g/mol. The van der Waals surface area contributed by atoms with Gasteiger partial charge in [0, 0.05) is 43.2 Å². The zero-order valence-corrected chi connectivity index (χ0v) is 15.9. The molecule has 0 bridgehead atoms. The van der Waals surface area contributed by atoms with Gasteiger partial charge in [0.25, 0.3) is 5.91 Å². The van der Waals surface area contributed by atoms with Gasteiger partial charge in [-0.15, -0.1) is 0 Å². The lowest BCUT2D eigenvalue weighted by Gasteiger charge is -2.33. The minimum Gasteiger partial charge on any atom is -0.496 e. The number of nitrogens with zero attached hydrogens (tertiary/aromatic N) is 1. The molecule has 5 heteroatoms. The summed E-state index contributed by atoms with van der Waals surface area (Å²) in [6, 6.07) is 11.9. The van der Waals surface area contributed by atoms with Gasteiger partial charge in [-0.05, 0) is 43.2 Å². The predicted molar refractivity (Wildman–Crippen MR) is 106 cm³/mol. The third-order valence-electron chi connectivity index (χ3n) is 5.76. The Bertz CT molecular complexity index is 793. The standard InChI is InChI=1S/C22H28N2O3/c1-26-21-9-8-20(18-6-2-3-7-19(18)21)22(25)23-16-10-12-24(13-11-16)15-17-5-4-14-27-17/h2-3,6-9,16-17H,4-5,10-15H2,1H3,(H,23,25). The molecule has 2 saturated heterocycles. The number of carbonyl (C=O) groups excluding carboxylic acids is 1. The fourth-order valence-corrected chi connectivity index (χ4v) is 4.25. The van der Waals surface area contributed by atoms with Gasteiger partial charge in [-0.25, -0.2) is 0 Å². The fourth-order valence-electron chi connectivity index (χ4n) is 4.25. The highest BCUT2D eigenvalue weighted by Gasteiger charge is 2.25. The molecule has 2 aliphatic rings. The van der Waals surface area contributed by atoms with Crippen molar-refractivity contribution >= 4 is 16.7 Å². The normalized spacial score (nSPS) is 21.4. The zero-order chi connectivity index (χ0) is 18.6. The number of hydrogen-bond acceptors (Lipinski definition) is 4. The molecule has 0 radical (unpaired) electrons. The second kappa shape index (κ2) is 8.28. The van der Waals surface area contributed by atoms with Crippen molar-refractivity contribution in [2.24, 2.45) is 0 Å². The van der Waals surface area contributed by atoms with E-state index in [0.29, 0.717) is 11.7 Å². The van der Waals surface area contributed by atoms with Crippen molar-refractivity contribution in [3.05, 3.63) is 42.0 Å². The highest BCUT2D eigenvalue weighted by molar-refractivity contribution is 6.08. The molecule has 2 aromatic rings. The number of amides is 1. The van der Waals surface area contributed by atoms with Crippen molar-refractivity contribution < 1.29 is 14.3 Å². The number of fused-ring (bicyclic) bond motifs is 1. The van der Waals surface area contributed by atoms with Crippen LogP contribution in [0.4, 0.5) is 0 Å². The summed E-state index contributed by atoms with van der Waals surface area (Å²) in [6.45, 7) is 3.99. The van der Waals surface area contributed by atoms with E-state index in [1.165, 1.54) is 12.8 Å². The quantitative estimate of drug-likeness (QED) is 0.880.